The number of ether oxygens (including phenoxy) is 2. The fourth-order valence-electron chi connectivity index (χ4n) is 2.49. The van der Waals surface area contributed by atoms with Gasteiger partial charge in [-0.2, -0.15) is 13.2 Å². The molecule has 0 fully saturated rings. The number of para-hydroxylation sites is 1. The van der Waals surface area contributed by atoms with E-state index in [4.69, 9.17) is 4.74 Å². The summed E-state index contributed by atoms with van der Waals surface area (Å²) < 4.78 is 65.2. The highest BCUT2D eigenvalue weighted by atomic mass is 32.1. The molecule has 12 heteroatoms. The van der Waals surface area contributed by atoms with Crippen LogP contribution in [0.3, 0.4) is 0 Å². The largest absolute Gasteiger partial charge is 0.461 e. The Hall–Kier alpha value is -3.41. The van der Waals surface area contributed by atoms with E-state index in [1.807, 2.05) is 0 Å². The Morgan fingerprint density at radius 2 is 1.77 bits per heavy atom. The fraction of sp³-hybridized carbons (Fsp3) is 0.211. The molecule has 2 aromatic carbocycles. The molecule has 3 rings (SSSR count). The lowest BCUT2D eigenvalue weighted by molar-refractivity contribution is -0.259. The molecule has 0 saturated heterocycles. The van der Waals surface area contributed by atoms with Gasteiger partial charge < -0.3 is 9.47 Å². The van der Waals surface area contributed by atoms with Crippen LogP contribution in [0.1, 0.15) is 6.92 Å². The molecule has 0 unspecified atom stereocenters. The lowest BCUT2D eigenvalue weighted by Crippen LogP contribution is -2.69. The number of alkyl halides is 3. The summed E-state index contributed by atoms with van der Waals surface area (Å²) in [5, 5.41) is 3.67. The molecule has 1 atom stereocenters. The number of thiazole rings is 1. The van der Waals surface area contributed by atoms with Crippen LogP contribution in [0.2, 0.25) is 0 Å². The molecule has 1 aromatic heterocycles. The monoisotopic (exact) mass is 457 g/mol. The van der Waals surface area contributed by atoms with Crippen LogP contribution in [-0.2, 0) is 9.53 Å². The molecule has 164 valence electrons. The molecule has 0 aliphatic heterocycles. The molecular weight excluding hydrogens is 442 g/mol. The van der Waals surface area contributed by atoms with Gasteiger partial charge >= 0.3 is 23.9 Å². The van der Waals surface area contributed by atoms with Gasteiger partial charge in [0.2, 0.25) is 0 Å². The number of hydrogen-bond donors (Lipinski definition) is 2. The normalized spacial score (nSPS) is 13.3. The van der Waals surface area contributed by atoms with Crippen LogP contribution < -0.4 is 15.4 Å². The topological polar surface area (TPSA) is 89.5 Å². The SMILES string of the molecule is CCOC(=O)[C@@](NC(=O)Nc1nc2ccccc2s1)(Oc1ccc(F)cc1)C(F)(F)F. The minimum Gasteiger partial charge on any atom is -0.461 e. The lowest BCUT2D eigenvalue weighted by Gasteiger charge is -2.33. The van der Waals surface area contributed by atoms with Crippen molar-refractivity contribution in [1.82, 2.24) is 10.3 Å². The van der Waals surface area contributed by atoms with Gasteiger partial charge in [0.05, 0.1) is 16.8 Å². The van der Waals surface area contributed by atoms with E-state index >= 15 is 0 Å². The summed E-state index contributed by atoms with van der Waals surface area (Å²) in [4.78, 5) is 28.8. The van der Waals surface area contributed by atoms with Crippen molar-refractivity contribution in [3.63, 3.8) is 0 Å². The first kappa shape index (κ1) is 22.3. The van der Waals surface area contributed by atoms with Gasteiger partial charge in [0.25, 0.3) is 0 Å². The van der Waals surface area contributed by atoms with Gasteiger partial charge in [-0.25, -0.2) is 19.0 Å². The molecule has 0 bridgehead atoms. The number of aromatic nitrogens is 1. The molecule has 2 N–H and O–H groups in total. The number of nitrogens with zero attached hydrogens (tertiary/aromatic N) is 1. The third-order valence-electron chi connectivity index (χ3n) is 3.85. The molecule has 0 spiro atoms. The minimum absolute atomic E-state index is 0.000385. The maximum atomic E-state index is 14.0. The molecule has 3 aromatic rings. The van der Waals surface area contributed by atoms with Crippen LogP contribution in [0.5, 0.6) is 5.75 Å². The van der Waals surface area contributed by atoms with Crippen molar-refractivity contribution in [2.45, 2.75) is 18.8 Å². The van der Waals surface area contributed by atoms with Gasteiger partial charge in [0, 0.05) is 0 Å². The molecule has 0 aliphatic rings. The number of fused-ring (bicyclic) bond motifs is 1. The van der Waals surface area contributed by atoms with Crippen LogP contribution in [0.25, 0.3) is 10.2 Å². The van der Waals surface area contributed by atoms with Gasteiger partial charge in [-0.05, 0) is 43.3 Å². The average molecular weight is 457 g/mol. The molecule has 0 radical (unpaired) electrons. The summed E-state index contributed by atoms with van der Waals surface area (Å²) in [6.45, 7) is 0.878. The Morgan fingerprint density at radius 3 is 2.39 bits per heavy atom. The van der Waals surface area contributed by atoms with Crippen molar-refractivity contribution in [3.05, 3.63) is 54.3 Å². The van der Waals surface area contributed by atoms with Crippen LogP contribution in [0.4, 0.5) is 27.5 Å². The van der Waals surface area contributed by atoms with Gasteiger partial charge in [-0.15, -0.1) is 0 Å². The minimum atomic E-state index is -5.43. The van der Waals surface area contributed by atoms with Crippen molar-refractivity contribution in [1.29, 1.82) is 0 Å². The van der Waals surface area contributed by atoms with Gasteiger partial charge in [0.15, 0.2) is 5.13 Å². The number of urea groups is 1. The molecule has 7 nitrogen and oxygen atoms in total. The maximum Gasteiger partial charge on any atom is 0.460 e. The van der Waals surface area contributed by atoms with Crippen molar-refractivity contribution in [2.75, 3.05) is 11.9 Å². The average Bonchev–Trinajstić information content (AvgIpc) is 3.10. The standard InChI is InChI=1S/C19H15F4N3O4S/c1-2-29-15(27)18(19(21,22)23,30-12-9-7-11(20)8-10-12)26-16(28)25-17-24-13-5-3-4-6-14(13)31-17/h3-10H,2H2,1H3,(H2,24,25,26,28)/t18-/m1/s1. The number of amides is 2. The second-order valence-electron chi connectivity index (χ2n) is 6.02. The zero-order valence-electron chi connectivity index (χ0n) is 15.8. The number of carbonyl (C=O) groups excluding carboxylic acids is 2. The van der Waals surface area contributed by atoms with Gasteiger partial charge in [0.1, 0.15) is 11.6 Å². The van der Waals surface area contributed by atoms with E-state index in [0.717, 1.165) is 35.6 Å². The number of hydrogen-bond acceptors (Lipinski definition) is 6. The van der Waals surface area contributed by atoms with Crippen LogP contribution >= 0.6 is 11.3 Å². The molecule has 0 saturated carbocycles. The predicted octanol–water partition coefficient (Wildman–Crippen LogP) is 4.46. The van der Waals surface area contributed by atoms with Crippen molar-refractivity contribution < 1.29 is 36.6 Å². The van der Waals surface area contributed by atoms with Crippen LogP contribution in [-0.4, -0.2) is 35.5 Å². The molecule has 1 heterocycles. The quantitative estimate of drug-likeness (QED) is 0.324. The summed E-state index contributed by atoms with van der Waals surface area (Å²) in [6, 6.07) is 8.83. The first-order valence-electron chi connectivity index (χ1n) is 8.78. The Bertz CT molecular complexity index is 1050. The van der Waals surface area contributed by atoms with Crippen LogP contribution in [0, 0.1) is 5.82 Å². The number of esters is 1. The van der Waals surface area contributed by atoms with E-state index < -0.39 is 42.1 Å². The van der Waals surface area contributed by atoms with Crippen LogP contribution in [0.15, 0.2) is 48.5 Å². The zero-order valence-corrected chi connectivity index (χ0v) is 16.6. The van der Waals surface area contributed by atoms with E-state index in [2.05, 4.69) is 15.0 Å². The number of benzene rings is 2. The van der Waals surface area contributed by atoms with E-state index in [9.17, 15) is 27.2 Å². The van der Waals surface area contributed by atoms with E-state index in [1.165, 1.54) is 12.2 Å². The highest BCUT2D eigenvalue weighted by molar-refractivity contribution is 7.22. The smallest absolute Gasteiger partial charge is 0.460 e. The first-order chi connectivity index (χ1) is 14.6. The molecule has 0 aliphatic carbocycles. The third kappa shape index (κ3) is 4.85. The van der Waals surface area contributed by atoms with E-state index in [1.54, 1.807) is 24.3 Å². The molecule has 2 amide bonds. The fourth-order valence-corrected chi connectivity index (χ4v) is 3.35. The van der Waals surface area contributed by atoms with Crippen molar-refractivity contribution >= 4 is 38.7 Å². The van der Waals surface area contributed by atoms with Gasteiger partial charge in [-0.3, -0.25) is 10.6 Å². The number of nitrogens with one attached hydrogen (secondary N) is 2. The van der Waals surface area contributed by atoms with E-state index in [-0.39, 0.29) is 5.13 Å². The summed E-state index contributed by atoms with van der Waals surface area (Å²) in [5.74, 6) is -3.15. The van der Waals surface area contributed by atoms with Crippen molar-refractivity contribution in [2.24, 2.45) is 0 Å². The molecule has 31 heavy (non-hydrogen) atoms. The number of halogens is 4. The van der Waals surface area contributed by atoms with E-state index in [0.29, 0.717) is 10.2 Å². The predicted molar refractivity (Wildman–Crippen MR) is 104 cm³/mol. The molecular formula is C19H15F4N3O4S. The van der Waals surface area contributed by atoms with Gasteiger partial charge in [-0.1, -0.05) is 23.5 Å². The zero-order chi connectivity index (χ0) is 22.6. The summed E-state index contributed by atoms with van der Waals surface area (Å²) in [5.41, 5.74) is -3.36. The lowest BCUT2D eigenvalue weighted by atomic mass is 10.2. The highest BCUT2D eigenvalue weighted by Gasteiger charge is 2.66. The second-order valence-corrected chi connectivity index (χ2v) is 7.05. The Balaban J connectivity index is 1.92. The van der Waals surface area contributed by atoms with Crippen molar-refractivity contribution in [3.8, 4) is 5.75 Å². The Kier molecular flexibility index (Phi) is 6.29. The Morgan fingerprint density at radius 1 is 1.10 bits per heavy atom. The Labute approximate surface area is 177 Å². The first-order valence-corrected chi connectivity index (χ1v) is 9.59. The summed E-state index contributed by atoms with van der Waals surface area (Å²) >= 11 is 1.02. The maximum absolute atomic E-state index is 14.0. The summed E-state index contributed by atoms with van der Waals surface area (Å²) in [6.07, 6.45) is -5.43. The number of rotatable bonds is 6. The highest BCUT2D eigenvalue weighted by Crippen LogP contribution is 2.35. The summed E-state index contributed by atoms with van der Waals surface area (Å²) in [7, 11) is 0. The number of anilines is 1. The third-order valence-corrected chi connectivity index (χ3v) is 4.80. The number of carbonyl (C=O) groups is 2. The second kappa shape index (κ2) is 8.76.